The van der Waals surface area contributed by atoms with Gasteiger partial charge in [0.25, 0.3) is 0 Å². The van der Waals surface area contributed by atoms with Crippen LogP contribution in [0.5, 0.6) is 0 Å². The summed E-state index contributed by atoms with van der Waals surface area (Å²) in [6.07, 6.45) is -0.0186. The van der Waals surface area contributed by atoms with E-state index < -0.39 is 0 Å². The lowest BCUT2D eigenvalue weighted by Gasteiger charge is -2.43. The van der Waals surface area contributed by atoms with Crippen LogP contribution in [0.25, 0.3) is 0 Å². The molecule has 0 saturated carbocycles. The molecule has 0 aliphatic carbocycles. The third-order valence-electron chi connectivity index (χ3n) is 5.69. The molecule has 1 fully saturated rings. The fraction of sp³-hybridized carbons (Fsp3) is 0.458. The van der Waals surface area contributed by atoms with Crippen LogP contribution in [0.2, 0.25) is 0 Å². The Bertz CT molecular complexity index is 804. The van der Waals surface area contributed by atoms with Gasteiger partial charge >= 0.3 is 0 Å². The minimum Gasteiger partial charge on any atom is -0.370 e. The first kappa shape index (κ1) is 20.6. The second kappa shape index (κ2) is 8.89. The zero-order valence-electron chi connectivity index (χ0n) is 17.6. The molecule has 3 unspecified atom stereocenters. The van der Waals surface area contributed by atoms with Crippen molar-refractivity contribution in [3.63, 3.8) is 0 Å². The minimum atomic E-state index is -0.0186. The van der Waals surface area contributed by atoms with Crippen molar-refractivity contribution in [2.24, 2.45) is 0 Å². The highest BCUT2D eigenvalue weighted by atomic mass is 16.5. The quantitative estimate of drug-likeness (QED) is 0.801. The summed E-state index contributed by atoms with van der Waals surface area (Å²) in [5.41, 5.74) is 4.40. The van der Waals surface area contributed by atoms with Gasteiger partial charge in [-0.25, -0.2) is 0 Å². The first-order chi connectivity index (χ1) is 13.4. The summed E-state index contributed by atoms with van der Waals surface area (Å²) in [5.74, 6) is 0.391. The molecule has 1 N–H and O–H groups in total. The van der Waals surface area contributed by atoms with Crippen LogP contribution in [-0.4, -0.2) is 36.0 Å². The number of hydrogen-bond acceptors (Lipinski definition) is 3. The lowest BCUT2D eigenvalue weighted by molar-refractivity contribution is -0.127. The number of para-hydroxylation sites is 1. The molecule has 1 amide bonds. The second-order valence-corrected chi connectivity index (χ2v) is 8.17. The highest BCUT2D eigenvalue weighted by Crippen LogP contribution is 2.31. The van der Waals surface area contributed by atoms with E-state index in [0.29, 0.717) is 19.1 Å². The molecule has 28 heavy (non-hydrogen) atoms. The standard InChI is InChI=1S/C24H32N2O2/c1-16(2)21-13-9-10-17(3)23(21)25-22(27)14-26-18(4)15-28-24(19(26)5)20-11-7-6-8-12-20/h6-13,16,18-19,24H,14-15H2,1-5H3,(H,25,27). The number of ether oxygens (including phenoxy) is 1. The van der Waals surface area contributed by atoms with Crippen LogP contribution >= 0.6 is 0 Å². The molecule has 4 heteroatoms. The molecule has 150 valence electrons. The van der Waals surface area contributed by atoms with Gasteiger partial charge < -0.3 is 10.1 Å². The largest absolute Gasteiger partial charge is 0.370 e. The number of benzene rings is 2. The summed E-state index contributed by atoms with van der Waals surface area (Å²) >= 11 is 0. The minimum absolute atomic E-state index is 0.0186. The number of amides is 1. The van der Waals surface area contributed by atoms with Gasteiger partial charge in [0, 0.05) is 17.8 Å². The molecule has 3 atom stereocenters. The van der Waals surface area contributed by atoms with Crippen molar-refractivity contribution in [2.75, 3.05) is 18.5 Å². The topological polar surface area (TPSA) is 41.6 Å². The molecule has 1 saturated heterocycles. The SMILES string of the molecule is Cc1cccc(C(C)C)c1NC(=O)CN1C(C)COC(c2ccccc2)C1C. The summed E-state index contributed by atoms with van der Waals surface area (Å²) in [6.45, 7) is 11.6. The Kier molecular flexibility index (Phi) is 6.53. The lowest BCUT2D eigenvalue weighted by Crippen LogP contribution is -2.53. The number of aryl methyl sites for hydroxylation is 1. The van der Waals surface area contributed by atoms with E-state index >= 15 is 0 Å². The average Bonchev–Trinajstić information content (AvgIpc) is 2.67. The fourth-order valence-electron chi connectivity index (χ4n) is 4.06. The van der Waals surface area contributed by atoms with Gasteiger partial charge in [0.1, 0.15) is 0 Å². The number of hydrogen-bond donors (Lipinski definition) is 1. The van der Waals surface area contributed by atoms with Crippen molar-refractivity contribution < 1.29 is 9.53 Å². The van der Waals surface area contributed by atoms with Gasteiger partial charge in [-0.15, -0.1) is 0 Å². The van der Waals surface area contributed by atoms with Crippen LogP contribution in [0.3, 0.4) is 0 Å². The Morgan fingerprint density at radius 3 is 2.54 bits per heavy atom. The highest BCUT2D eigenvalue weighted by molar-refractivity contribution is 5.94. The third-order valence-corrected chi connectivity index (χ3v) is 5.69. The summed E-state index contributed by atoms with van der Waals surface area (Å²) in [5, 5.41) is 3.18. The summed E-state index contributed by atoms with van der Waals surface area (Å²) < 4.78 is 6.11. The third kappa shape index (κ3) is 4.45. The Labute approximate surface area is 168 Å². The van der Waals surface area contributed by atoms with Gasteiger partial charge in [-0.05, 0) is 43.4 Å². The number of nitrogens with one attached hydrogen (secondary N) is 1. The molecule has 0 bridgehead atoms. The van der Waals surface area contributed by atoms with Crippen molar-refractivity contribution in [2.45, 2.75) is 58.7 Å². The van der Waals surface area contributed by atoms with Gasteiger partial charge in [-0.1, -0.05) is 62.4 Å². The molecule has 2 aromatic rings. The van der Waals surface area contributed by atoms with Crippen molar-refractivity contribution in [1.29, 1.82) is 0 Å². The second-order valence-electron chi connectivity index (χ2n) is 8.17. The van der Waals surface area contributed by atoms with Gasteiger partial charge in [-0.2, -0.15) is 0 Å². The van der Waals surface area contributed by atoms with E-state index in [0.717, 1.165) is 16.8 Å². The van der Waals surface area contributed by atoms with E-state index in [-0.39, 0.29) is 24.1 Å². The summed E-state index contributed by atoms with van der Waals surface area (Å²) in [4.78, 5) is 15.2. The molecule has 0 spiro atoms. The van der Waals surface area contributed by atoms with E-state index in [9.17, 15) is 4.79 Å². The van der Waals surface area contributed by atoms with Crippen molar-refractivity contribution >= 4 is 11.6 Å². The van der Waals surface area contributed by atoms with Crippen LogP contribution in [0, 0.1) is 6.92 Å². The molecule has 0 radical (unpaired) electrons. The van der Waals surface area contributed by atoms with Gasteiger partial charge in [0.2, 0.25) is 5.91 Å². The van der Waals surface area contributed by atoms with Crippen LogP contribution in [0.4, 0.5) is 5.69 Å². The molecule has 1 aliphatic rings. The molecule has 0 aromatic heterocycles. The normalized spacial score (nSPS) is 23.0. The van der Waals surface area contributed by atoms with Gasteiger partial charge in [0.15, 0.2) is 0 Å². The number of carbonyl (C=O) groups is 1. The molecule has 1 heterocycles. The molecular weight excluding hydrogens is 348 g/mol. The summed E-state index contributed by atoms with van der Waals surface area (Å²) in [6, 6.07) is 16.8. The Hall–Kier alpha value is -2.17. The van der Waals surface area contributed by atoms with Gasteiger partial charge in [-0.3, -0.25) is 9.69 Å². The molecule has 1 aliphatic heterocycles. The number of rotatable bonds is 5. The van der Waals surface area contributed by atoms with Gasteiger partial charge in [0.05, 0.1) is 19.3 Å². The van der Waals surface area contributed by atoms with E-state index in [4.69, 9.17) is 4.74 Å². The van der Waals surface area contributed by atoms with E-state index in [2.05, 4.69) is 62.2 Å². The Morgan fingerprint density at radius 1 is 1.14 bits per heavy atom. The smallest absolute Gasteiger partial charge is 0.238 e. The number of morpholine rings is 1. The molecule has 2 aromatic carbocycles. The van der Waals surface area contributed by atoms with E-state index in [1.165, 1.54) is 5.56 Å². The highest BCUT2D eigenvalue weighted by Gasteiger charge is 2.35. The Balaban J connectivity index is 1.74. The van der Waals surface area contributed by atoms with Crippen molar-refractivity contribution in [3.05, 3.63) is 65.2 Å². The Morgan fingerprint density at radius 2 is 1.86 bits per heavy atom. The van der Waals surface area contributed by atoms with E-state index in [1.807, 2.05) is 31.2 Å². The molecule has 3 rings (SSSR count). The zero-order valence-corrected chi connectivity index (χ0v) is 17.6. The van der Waals surface area contributed by atoms with Crippen molar-refractivity contribution in [3.8, 4) is 0 Å². The maximum absolute atomic E-state index is 12.9. The predicted octanol–water partition coefficient (Wildman–Crippen LogP) is 4.91. The first-order valence-corrected chi connectivity index (χ1v) is 10.2. The van der Waals surface area contributed by atoms with Crippen LogP contribution in [-0.2, 0) is 9.53 Å². The average molecular weight is 381 g/mol. The van der Waals surface area contributed by atoms with Crippen LogP contribution in [0.15, 0.2) is 48.5 Å². The van der Waals surface area contributed by atoms with Crippen LogP contribution in [0.1, 0.15) is 56.4 Å². The fourth-order valence-corrected chi connectivity index (χ4v) is 4.06. The first-order valence-electron chi connectivity index (χ1n) is 10.2. The number of carbonyl (C=O) groups excluding carboxylic acids is 1. The number of nitrogens with zero attached hydrogens (tertiary/aromatic N) is 1. The molecular formula is C24H32N2O2. The van der Waals surface area contributed by atoms with E-state index in [1.54, 1.807) is 0 Å². The monoisotopic (exact) mass is 380 g/mol. The summed E-state index contributed by atoms with van der Waals surface area (Å²) in [7, 11) is 0. The maximum atomic E-state index is 12.9. The zero-order chi connectivity index (χ0) is 20.3. The maximum Gasteiger partial charge on any atom is 0.238 e. The van der Waals surface area contributed by atoms with Crippen LogP contribution < -0.4 is 5.32 Å². The lowest BCUT2D eigenvalue weighted by atomic mass is 9.97. The predicted molar refractivity (Wildman–Crippen MR) is 115 cm³/mol. The van der Waals surface area contributed by atoms with Crippen molar-refractivity contribution in [1.82, 2.24) is 4.90 Å². The number of anilines is 1. The molecule has 4 nitrogen and oxygen atoms in total.